The van der Waals surface area contributed by atoms with E-state index in [1.165, 1.54) is 0 Å². The number of hydrogen-bond acceptors (Lipinski definition) is 3. The summed E-state index contributed by atoms with van der Waals surface area (Å²) in [5.74, 6) is 0.0533. The van der Waals surface area contributed by atoms with Crippen LogP contribution in [0.4, 0.5) is 0 Å². The summed E-state index contributed by atoms with van der Waals surface area (Å²) in [4.78, 5) is 5.24. The predicted octanol–water partition coefficient (Wildman–Crippen LogP) is 3.82. The van der Waals surface area contributed by atoms with Gasteiger partial charge in [-0.2, -0.15) is 0 Å². The summed E-state index contributed by atoms with van der Waals surface area (Å²) in [6, 6.07) is 14.5. The molecule has 0 unspecified atom stereocenters. The molecule has 1 N–H and O–H groups in total. The minimum absolute atomic E-state index is 0.00128. The lowest BCUT2D eigenvalue weighted by Crippen LogP contribution is -2.26. The summed E-state index contributed by atoms with van der Waals surface area (Å²) >= 11 is 0. The highest BCUT2D eigenvalue weighted by Gasteiger charge is 2.22. The lowest BCUT2D eigenvalue weighted by atomic mass is 10.0. The first-order valence-electron chi connectivity index (χ1n) is 10.9. The van der Waals surface area contributed by atoms with E-state index in [0.29, 0.717) is 24.3 Å². The van der Waals surface area contributed by atoms with Gasteiger partial charge >= 0.3 is 0 Å². The number of hydrogen-bond donors (Lipinski definition) is 1. The third kappa shape index (κ3) is 3.94. The maximum Gasteiger partial charge on any atom is 0.178 e. The number of likely N-dealkylation sites (N-methyl/N-ethyl adjacent to an activating group) is 1. The molecule has 1 fully saturated rings. The van der Waals surface area contributed by atoms with Crippen LogP contribution in [0.25, 0.3) is 10.9 Å². The average Bonchev–Trinajstić information content (AvgIpc) is 3.34. The van der Waals surface area contributed by atoms with Gasteiger partial charge in [0.1, 0.15) is 0 Å². The second-order valence-corrected chi connectivity index (χ2v) is 9.38. The van der Waals surface area contributed by atoms with Crippen LogP contribution in [0, 0.1) is 0 Å². The quantitative estimate of drug-likeness (QED) is 0.702. The Hall–Kier alpha value is -2.11. The van der Waals surface area contributed by atoms with Crippen LogP contribution in [-0.4, -0.2) is 43.6 Å². The van der Waals surface area contributed by atoms with Gasteiger partial charge in [0.15, 0.2) is 9.84 Å². The van der Waals surface area contributed by atoms with Gasteiger partial charge in [0.25, 0.3) is 0 Å². The number of aryl methyl sites for hydroxylation is 1. The van der Waals surface area contributed by atoms with E-state index in [9.17, 15) is 8.42 Å². The Morgan fingerprint density at radius 1 is 1.22 bits per heavy atom. The van der Waals surface area contributed by atoms with Crippen LogP contribution in [0.15, 0.2) is 59.6 Å². The van der Waals surface area contributed by atoms with Gasteiger partial charge in [0.05, 0.1) is 10.6 Å². The molecule has 0 amide bonds. The van der Waals surface area contributed by atoms with Crippen molar-refractivity contribution < 1.29 is 12.5 Å². The van der Waals surface area contributed by atoms with Gasteiger partial charge in [-0.3, -0.25) is 0 Å². The maximum atomic E-state index is 12.6. The van der Waals surface area contributed by atoms with Crippen molar-refractivity contribution in [2.45, 2.75) is 36.6 Å². The second-order valence-electron chi connectivity index (χ2n) is 7.27. The Balaban J connectivity index is 1.52. The molecule has 2 heterocycles. The number of sulfone groups is 1. The van der Waals surface area contributed by atoms with E-state index < -0.39 is 16.8 Å². The summed E-state index contributed by atoms with van der Waals surface area (Å²) in [5.41, 5.74) is 3.03. The van der Waals surface area contributed by atoms with Crippen molar-refractivity contribution in [3.63, 3.8) is 0 Å². The normalized spacial score (nSPS) is 20.4. The molecule has 0 bridgehead atoms. The monoisotopic (exact) mass is 385 g/mol. The van der Waals surface area contributed by atoms with Gasteiger partial charge in [0.2, 0.25) is 0 Å². The van der Waals surface area contributed by atoms with Crippen LogP contribution in [0.2, 0.25) is 0 Å². The van der Waals surface area contributed by atoms with Crippen LogP contribution < -0.4 is 0 Å². The van der Waals surface area contributed by atoms with Gasteiger partial charge in [-0.25, -0.2) is 8.42 Å². The highest BCUT2D eigenvalue weighted by molar-refractivity contribution is 7.91. The first-order chi connectivity index (χ1) is 14.2. The van der Waals surface area contributed by atoms with E-state index in [1.807, 2.05) is 24.4 Å². The molecule has 27 heavy (non-hydrogen) atoms. The fourth-order valence-electron chi connectivity index (χ4n) is 3.85. The average molecular weight is 386 g/mol. The van der Waals surface area contributed by atoms with Crippen molar-refractivity contribution in [2.75, 3.05) is 19.3 Å². The van der Waals surface area contributed by atoms with Crippen LogP contribution >= 0.6 is 0 Å². The Labute approximate surface area is 165 Å². The van der Waals surface area contributed by atoms with E-state index in [-0.39, 0.29) is 11.8 Å². The van der Waals surface area contributed by atoms with Crippen molar-refractivity contribution in [2.24, 2.45) is 0 Å². The van der Waals surface area contributed by atoms with Gasteiger partial charge in [-0.05, 0) is 74.6 Å². The molecule has 0 saturated carbocycles. The topological polar surface area (TPSA) is 53.2 Å². The zero-order valence-electron chi connectivity index (χ0n) is 18.2. The van der Waals surface area contributed by atoms with Gasteiger partial charge < -0.3 is 9.88 Å². The van der Waals surface area contributed by atoms with E-state index in [0.717, 1.165) is 34.9 Å². The van der Waals surface area contributed by atoms with Gasteiger partial charge in [-0.1, -0.05) is 24.3 Å². The maximum absolute atomic E-state index is 12.6. The van der Waals surface area contributed by atoms with E-state index >= 15 is 0 Å². The van der Waals surface area contributed by atoms with E-state index in [1.54, 1.807) is 35.2 Å². The van der Waals surface area contributed by atoms with Crippen molar-refractivity contribution in [3.05, 3.63) is 65.9 Å². The molecule has 1 aliphatic heterocycles. The number of likely N-dealkylation sites (tertiary alicyclic amines) is 1. The zero-order valence-corrected chi connectivity index (χ0v) is 16.0. The molecular formula is C22H26N2O2S. The molecule has 1 saturated heterocycles. The number of benzene rings is 2. The summed E-state index contributed by atoms with van der Waals surface area (Å²) < 4.78 is 48.5. The Morgan fingerprint density at radius 2 is 2.07 bits per heavy atom. The van der Waals surface area contributed by atoms with Crippen molar-refractivity contribution >= 4 is 20.7 Å². The molecule has 0 spiro atoms. The zero-order chi connectivity index (χ0) is 21.4. The Morgan fingerprint density at radius 3 is 2.89 bits per heavy atom. The number of aromatic amines is 1. The molecule has 142 valence electrons. The predicted molar refractivity (Wildman–Crippen MR) is 110 cm³/mol. The molecular weight excluding hydrogens is 356 g/mol. The minimum Gasteiger partial charge on any atom is -0.361 e. The summed E-state index contributed by atoms with van der Waals surface area (Å²) in [5, 5.41) is 1.04. The molecule has 3 aromatic rings. The van der Waals surface area contributed by atoms with Crippen LogP contribution in [0.3, 0.4) is 0 Å². The first kappa shape index (κ1) is 14.9. The molecule has 1 aromatic heterocycles. The minimum atomic E-state index is -3.33. The fourth-order valence-corrected chi connectivity index (χ4v) is 5.16. The van der Waals surface area contributed by atoms with Gasteiger partial charge in [0, 0.05) is 27.3 Å². The van der Waals surface area contributed by atoms with Crippen LogP contribution in [0.5, 0.6) is 0 Å². The molecule has 2 aromatic carbocycles. The van der Waals surface area contributed by atoms with Crippen molar-refractivity contribution in [1.29, 1.82) is 0 Å². The number of rotatable bonds is 6. The molecule has 4 nitrogen and oxygen atoms in total. The number of fused-ring (bicyclic) bond motifs is 1. The molecule has 0 aliphatic carbocycles. The summed E-state index contributed by atoms with van der Waals surface area (Å²) in [6.45, 7) is -1.46. The SMILES string of the molecule is [2H]C([2H])([2H])N1CCC[C@@H]1Cc1c[nH]c2ccc(CCS(=O)(=O)c3ccccc3)cc12. The smallest absolute Gasteiger partial charge is 0.178 e. The van der Waals surface area contributed by atoms with Crippen molar-refractivity contribution in [1.82, 2.24) is 9.88 Å². The third-order valence-corrected chi connectivity index (χ3v) is 7.16. The molecule has 0 radical (unpaired) electrons. The lowest BCUT2D eigenvalue weighted by molar-refractivity contribution is 0.310. The summed E-state index contributed by atoms with van der Waals surface area (Å²) in [7, 11) is -3.33. The van der Waals surface area contributed by atoms with Crippen LogP contribution in [0.1, 0.15) is 28.1 Å². The Kier molecular flexibility index (Phi) is 4.13. The number of H-pyrrole nitrogens is 1. The molecule has 1 atom stereocenters. The number of nitrogens with zero attached hydrogens (tertiary/aromatic N) is 1. The second kappa shape index (κ2) is 7.49. The van der Waals surface area contributed by atoms with E-state index in [2.05, 4.69) is 4.98 Å². The lowest BCUT2D eigenvalue weighted by Gasteiger charge is -2.18. The fraction of sp³-hybridized carbons (Fsp3) is 0.364. The van der Waals surface area contributed by atoms with Crippen molar-refractivity contribution in [3.8, 4) is 0 Å². The van der Waals surface area contributed by atoms with Gasteiger partial charge in [-0.15, -0.1) is 0 Å². The third-order valence-electron chi connectivity index (χ3n) is 5.43. The molecule has 4 rings (SSSR count). The molecule has 1 aliphatic rings. The number of nitrogens with one attached hydrogen (secondary N) is 1. The Bertz CT molecular complexity index is 1120. The van der Waals surface area contributed by atoms with Crippen LogP contribution in [-0.2, 0) is 22.7 Å². The number of aromatic nitrogens is 1. The van der Waals surface area contributed by atoms with E-state index in [4.69, 9.17) is 4.11 Å². The highest BCUT2D eigenvalue weighted by atomic mass is 32.2. The largest absolute Gasteiger partial charge is 0.361 e. The molecule has 5 heteroatoms. The summed E-state index contributed by atoms with van der Waals surface area (Å²) in [6.07, 6.45) is 4.83. The highest BCUT2D eigenvalue weighted by Crippen LogP contribution is 2.26. The first-order valence-corrected chi connectivity index (χ1v) is 11.0. The standard InChI is InChI=1S/C22H26N2O2S/c1-24-12-5-6-19(24)15-18-16-23-22-10-9-17(14-21(18)22)11-13-27(25,26)20-7-3-2-4-8-20/h2-4,7-10,14,16,19,23H,5-6,11-13,15H2,1H3/t19-/m1/s1/i1D3.